The lowest BCUT2D eigenvalue weighted by atomic mass is 10.0. The summed E-state index contributed by atoms with van der Waals surface area (Å²) in [6, 6.07) is 0. The molecule has 0 bridgehead atoms. The first-order valence-corrected chi connectivity index (χ1v) is 31.2. The Hall–Kier alpha value is -1.36. The predicted octanol–water partition coefficient (Wildman–Crippen LogP) is 21.4. The maximum atomic E-state index is 12.9. The number of ether oxygens (including phenoxy) is 3. The van der Waals surface area contributed by atoms with Gasteiger partial charge in [0.05, 0.1) is 6.61 Å². The van der Waals surface area contributed by atoms with Crippen molar-refractivity contribution in [2.75, 3.05) is 19.8 Å². The number of carbonyl (C=O) groups excluding carboxylic acids is 2. The van der Waals surface area contributed by atoms with Crippen LogP contribution < -0.4 is 0 Å². The van der Waals surface area contributed by atoms with Crippen molar-refractivity contribution in [1.82, 2.24) is 0 Å². The molecule has 0 radical (unpaired) electrons. The molecular weight excluding hydrogens is 837 g/mol. The van der Waals surface area contributed by atoms with Crippen molar-refractivity contribution in [3.8, 4) is 0 Å². The molecule has 0 saturated heterocycles. The van der Waals surface area contributed by atoms with Crippen molar-refractivity contribution in [2.24, 2.45) is 0 Å². The number of carbonyl (C=O) groups is 2. The van der Waals surface area contributed by atoms with Gasteiger partial charge in [0, 0.05) is 19.4 Å². The highest BCUT2D eigenvalue weighted by molar-refractivity contribution is 5.70. The summed E-state index contributed by atoms with van der Waals surface area (Å²) >= 11 is 0. The molecule has 1 atom stereocenters. The van der Waals surface area contributed by atoms with E-state index in [2.05, 4.69) is 32.9 Å². The van der Waals surface area contributed by atoms with Crippen LogP contribution in [-0.2, 0) is 23.8 Å². The van der Waals surface area contributed by atoms with E-state index in [0.29, 0.717) is 26.1 Å². The van der Waals surface area contributed by atoms with Crippen LogP contribution in [-0.4, -0.2) is 37.9 Å². The van der Waals surface area contributed by atoms with E-state index in [0.717, 1.165) is 32.1 Å². The topological polar surface area (TPSA) is 61.8 Å². The summed E-state index contributed by atoms with van der Waals surface area (Å²) in [6.07, 6.45) is 71.0. The maximum Gasteiger partial charge on any atom is 0.306 e. The predicted molar refractivity (Wildman–Crippen MR) is 298 cm³/mol. The fourth-order valence-corrected chi connectivity index (χ4v) is 9.63. The van der Waals surface area contributed by atoms with Gasteiger partial charge in [0.25, 0.3) is 0 Å². The first-order chi connectivity index (χ1) is 33.6. The second-order valence-electron chi connectivity index (χ2n) is 21.3. The summed E-state index contributed by atoms with van der Waals surface area (Å²) in [5, 5.41) is 0. The molecule has 0 heterocycles. The summed E-state index contributed by atoms with van der Waals surface area (Å²) in [7, 11) is 0. The Labute approximate surface area is 426 Å². The minimum atomic E-state index is -0.528. The molecule has 0 spiro atoms. The second kappa shape index (κ2) is 59.9. The molecule has 68 heavy (non-hydrogen) atoms. The molecule has 0 aromatic heterocycles. The zero-order valence-electron chi connectivity index (χ0n) is 46.7. The molecule has 404 valence electrons. The number of esters is 2. The maximum absolute atomic E-state index is 12.9. The lowest BCUT2D eigenvalue weighted by Gasteiger charge is -2.18. The molecule has 1 unspecified atom stereocenters. The van der Waals surface area contributed by atoms with Crippen molar-refractivity contribution in [2.45, 2.75) is 361 Å². The molecule has 0 fully saturated rings. The number of allylic oxidation sites excluding steroid dienone is 2. The zero-order chi connectivity index (χ0) is 49.2. The summed E-state index contributed by atoms with van der Waals surface area (Å²) in [4.78, 5) is 25.6. The van der Waals surface area contributed by atoms with Crippen LogP contribution in [0.15, 0.2) is 12.2 Å². The first-order valence-electron chi connectivity index (χ1n) is 31.2. The average Bonchev–Trinajstić information content (AvgIpc) is 3.34. The summed E-state index contributed by atoms with van der Waals surface area (Å²) < 4.78 is 17.5. The smallest absolute Gasteiger partial charge is 0.306 e. The summed E-state index contributed by atoms with van der Waals surface area (Å²) in [6.45, 7) is 7.92. The van der Waals surface area contributed by atoms with Crippen molar-refractivity contribution in [1.29, 1.82) is 0 Å². The van der Waals surface area contributed by atoms with Gasteiger partial charge in [-0.15, -0.1) is 0 Å². The third kappa shape index (κ3) is 57.2. The molecule has 0 saturated carbocycles. The molecule has 5 heteroatoms. The number of hydrogen-bond acceptors (Lipinski definition) is 5. The van der Waals surface area contributed by atoms with Gasteiger partial charge in [0.15, 0.2) is 6.10 Å². The van der Waals surface area contributed by atoms with Gasteiger partial charge in [-0.1, -0.05) is 309 Å². The lowest BCUT2D eigenvalue weighted by Crippen LogP contribution is -2.30. The molecule has 0 aliphatic rings. The molecule has 0 amide bonds. The number of unbranched alkanes of at least 4 members (excludes halogenated alkanes) is 46. The normalized spacial score (nSPS) is 12.1. The summed E-state index contributed by atoms with van der Waals surface area (Å²) in [5.41, 5.74) is 0. The van der Waals surface area contributed by atoms with E-state index >= 15 is 0 Å². The van der Waals surface area contributed by atoms with E-state index in [1.165, 1.54) is 289 Å². The van der Waals surface area contributed by atoms with Crippen LogP contribution in [0.4, 0.5) is 0 Å². The Balaban J connectivity index is 4.16. The SMILES string of the molecule is CCCCCCCC/C=C\CCCCCCCCCCCC(=O)OCC(COCCCCCCCCCCCCCCCCCCCCCC)OC(=O)CCCCCCCCCCCCCCC. The third-order valence-electron chi connectivity index (χ3n) is 14.3. The molecule has 0 aromatic rings. The molecule has 0 rings (SSSR count). The van der Waals surface area contributed by atoms with Crippen LogP contribution in [0.1, 0.15) is 355 Å². The van der Waals surface area contributed by atoms with Gasteiger partial charge < -0.3 is 14.2 Å². The average molecular weight is 960 g/mol. The molecule has 0 aliphatic carbocycles. The van der Waals surface area contributed by atoms with Crippen LogP contribution >= 0.6 is 0 Å². The van der Waals surface area contributed by atoms with E-state index in [-0.39, 0.29) is 18.5 Å². The Bertz CT molecular complexity index is 994. The Kier molecular flexibility index (Phi) is 58.7. The van der Waals surface area contributed by atoms with E-state index < -0.39 is 6.10 Å². The van der Waals surface area contributed by atoms with Gasteiger partial charge in [-0.3, -0.25) is 9.59 Å². The highest BCUT2D eigenvalue weighted by Gasteiger charge is 2.18. The van der Waals surface area contributed by atoms with Gasteiger partial charge in [-0.2, -0.15) is 0 Å². The van der Waals surface area contributed by atoms with Gasteiger partial charge in [0.2, 0.25) is 0 Å². The van der Waals surface area contributed by atoms with E-state index in [1.807, 2.05) is 0 Å². The van der Waals surface area contributed by atoms with Gasteiger partial charge in [-0.25, -0.2) is 0 Å². The standard InChI is InChI=1S/C63H122O5/c1-4-7-10-13-16-19-22-25-27-29-31-33-35-37-40-43-46-49-52-55-58-66-59-61(68-63(65)57-54-51-48-45-42-38-24-21-18-15-12-9-6-3)60-67-62(64)56-53-50-47-44-41-39-36-34-32-30-28-26-23-20-17-14-11-8-5-2/h26,28,61H,4-25,27,29-60H2,1-3H3/b28-26-. The van der Waals surface area contributed by atoms with Crippen LogP contribution in [0, 0.1) is 0 Å². The van der Waals surface area contributed by atoms with Crippen molar-refractivity contribution < 1.29 is 23.8 Å². The Morgan fingerprint density at radius 3 is 0.897 bits per heavy atom. The molecule has 0 aliphatic heterocycles. The highest BCUT2D eigenvalue weighted by Crippen LogP contribution is 2.18. The lowest BCUT2D eigenvalue weighted by molar-refractivity contribution is -0.163. The number of hydrogen-bond donors (Lipinski definition) is 0. The van der Waals surface area contributed by atoms with E-state index in [4.69, 9.17) is 14.2 Å². The third-order valence-corrected chi connectivity index (χ3v) is 14.3. The quantitative estimate of drug-likeness (QED) is 0.0345. The van der Waals surface area contributed by atoms with Crippen molar-refractivity contribution in [3.05, 3.63) is 12.2 Å². The molecule has 0 aromatic carbocycles. The minimum Gasteiger partial charge on any atom is -0.462 e. The molecule has 5 nitrogen and oxygen atoms in total. The fourth-order valence-electron chi connectivity index (χ4n) is 9.63. The Morgan fingerprint density at radius 1 is 0.309 bits per heavy atom. The van der Waals surface area contributed by atoms with Crippen LogP contribution in [0.2, 0.25) is 0 Å². The van der Waals surface area contributed by atoms with Gasteiger partial charge in [0.1, 0.15) is 6.61 Å². The van der Waals surface area contributed by atoms with Gasteiger partial charge in [-0.05, 0) is 44.9 Å². The summed E-state index contributed by atoms with van der Waals surface area (Å²) in [5.74, 6) is -0.371. The van der Waals surface area contributed by atoms with Crippen LogP contribution in [0.3, 0.4) is 0 Å². The first kappa shape index (κ1) is 66.6. The Morgan fingerprint density at radius 2 is 0.574 bits per heavy atom. The van der Waals surface area contributed by atoms with E-state index in [9.17, 15) is 9.59 Å². The zero-order valence-corrected chi connectivity index (χ0v) is 46.7. The van der Waals surface area contributed by atoms with Crippen molar-refractivity contribution in [3.63, 3.8) is 0 Å². The monoisotopic (exact) mass is 959 g/mol. The highest BCUT2D eigenvalue weighted by atomic mass is 16.6. The second-order valence-corrected chi connectivity index (χ2v) is 21.3. The van der Waals surface area contributed by atoms with Crippen LogP contribution in [0.5, 0.6) is 0 Å². The largest absolute Gasteiger partial charge is 0.462 e. The minimum absolute atomic E-state index is 0.0946. The van der Waals surface area contributed by atoms with E-state index in [1.54, 1.807) is 0 Å². The molecule has 0 N–H and O–H groups in total. The molecular formula is C63H122O5. The van der Waals surface area contributed by atoms with Gasteiger partial charge >= 0.3 is 11.9 Å². The van der Waals surface area contributed by atoms with Crippen molar-refractivity contribution >= 4 is 11.9 Å². The number of rotatable bonds is 59. The van der Waals surface area contributed by atoms with Crippen LogP contribution in [0.25, 0.3) is 0 Å². The fraction of sp³-hybridized carbons (Fsp3) is 0.937.